The summed E-state index contributed by atoms with van der Waals surface area (Å²) >= 11 is 0. The van der Waals surface area contributed by atoms with Crippen LogP contribution >= 0.6 is 0 Å². The molecule has 19 heavy (non-hydrogen) atoms. The maximum atomic E-state index is 13.8. The summed E-state index contributed by atoms with van der Waals surface area (Å²) in [7, 11) is 3.29. The van der Waals surface area contributed by atoms with Crippen molar-refractivity contribution >= 4 is 17.2 Å². The van der Waals surface area contributed by atoms with Gasteiger partial charge in [-0.2, -0.15) is 5.10 Å². The lowest BCUT2D eigenvalue weighted by molar-refractivity contribution is 0.414. The third-order valence-corrected chi connectivity index (χ3v) is 2.92. The van der Waals surface area contributed by atoms with Crippen LogP contribution in [-0.2, 0) is 13.5 Å². The highest BCUT2D eigenvalue weighted by Crippen LogP contribution is 2.29. The molecule has 0 spiro atoms. The summed E-state index contributed by atoms with van der Waals surface area (Å²) in [5, 5.41) is 7.23. The fourth-order valence-electron chi connectivity index (χ4n) is 1.86. The number of aryl methyl sites for hydroxylation is 2. The fraction of sp³-hybridized carbons (Fsp3) is 0.308. The molecule has 0 atom stereocenters. The number of hydrogen-bond donors (Lipinski definition) is 2. The predicted molar refractivity (Wildman–Crippen MR) is 73.2 cm³/mol. The second-order valence-electron chi connectivity index (χ2n) is 4.16. The molecule has 0 unspecified atom stereocenters. The van der Waals surface area contributed by atoms with Gasteiger partial charge < -0.3 is 15.8 Å². The predicted octanol–water partition coefficient (Wildman–Crippen LogP) is 2.46. The summed E-state index contributed by atoms with van der Waals surface area (Å²) in [6.45, 7) is 1.97. The van der Waals surface area contributed by atoms with E-state index in [0.717, 1.165) is 12.1 Å². The summed E-state index contributed by atoms with van der Waals surface area (Å²) in [6.07, 6.45) is 0.724. The van der Waals surface area contributed by atoms with E-state index in [1.54, 1.807) is 23.9 Å². The number of anilines is 3. The van der Waals surface area contributed by atoms with E-state index in [9.17, 15) is 4.39 Å². The van der Waals surface area contributed by atoms with Crippen LogP contribution in [0.1, 0.15) is 12.6 Å². The van der Waals surface area contributed by atoms with E-state index in [2.05, 4.69) is 10.4 Å². The lowest BCUT2D eigenvalue weighted by atomic mass is 10.2. The van der Waals surface area contributed by atoms with E-state index < -0.39 is 0 Å². The van der Waals surface area contributed by atoms with Gasteiger partial charge >= 0.3 is 0 Å². The molecule has 1 aromatic carbocycles. The number of benzene rings is 1. The molecule has 0 bridgehead atoms. The molecule has 1 aromatic heterocycles. The van der Waals surface area contributed by atoms with Crippen molar-refractivity contribution in [3.63, 3.8) is 0 Å². The first-order valence-corrected chi connectivity index (χ1v) is 5.98. The van der Waals surface area contributed by atoms with Crippen LogP contribution in [0.3, 0.4) is 0 Å². The van der Waals surface area contributed by atoms with Crippen molar-refractivity contribution in [3.05, 3.63) is 29.7 Å². The molecular weight excluding hydrogens is 247 g/mol. The van der Waals surface area contributed by atoms with Gasteiger partial charge in [-0.25, -0.2) is 4.39 Å². The Kier molecular flexibility index (Phi) is 3.59. The maximum Gasteiger partial charge on any atom is 0.152 e. The number of hydrogen-bond acceptors (Lipinski definition) is 4. The van der Waals surface area contributed by atoms with Gasteiger partial charge in [0.05, 0.1) is 24.2 Å². The average Bonchev–Trinajstić information content (AvgIpc) is 2.68. The normalized spacial score (nSPS) is 10.5. The standard InChI is InChI=1S/C13H17FN4O/c1-4-10-12(15)13(18(2)17-10)16-11-7-8(19-3)5-6-9(11)14/h5-7,16H,4,15H2,1-3H3. The van der Waals surface area contributed by atoms with Gasteiger partial charge in [0.15, 0.2) is 5.82 Å². The van der Waals surface area contributed by atoms with Gasteiger partial charge in [-0.1, -0.05) is 6.92 Å². The molecule has 1 heterocycles. The zero-order valence-electron chi connectivity index (χ0n) is 11.2. The van der Waals surface area contributed by atoms with Crippen LogP contribution in [0.15, 0.2) is 18.2 Å². The number of nitrogens with two attached hydrogens (primary N) is 1. The molecule has 0 saturated heterocycles. The third-order valence-electron chi connectivity index (χ3n) is 2.92. The highest BCUT2D eigenvalue weighted by atomic mass is 19.1. The van der Waals surface area contributed by atoms with Gasteiger partial charge in [0.25, 0.3) is 0 Å². The molecule has 2 rings (SSSR count). The topological polar surface area (TPSA) is 65.1 Å². The first-order chi connectivity index (χ1) is 9.06. The fourth-order valence-corrected chi connectivity index (χ4v) is 1.86. The summed E-state index contributed by atoms with van der Waals surface area (Å²) in [4.78, 5) is 0. The summed E-state index contributed by atoms with van der Waals surface area (Å²) in [5.41, 5.74) is 7.61. The second kappa shape index (κ2) is 5.17. The molecule has 0 amide bonds. The van der Waals surface area contributed by atoms with Crippen LogP contribution in [0.25, 0.3) is 0 Å². The molecule has 6 heteroatoms. The SMILES string of the molecule is CCc1nn(C)c(Nc2cc(OC)ccc2F)c1N. The summed E-state index contributed by atoms with van der Waals surface area (Å²) in [5.74, 6) is 0.767. The average molecular weight is 264 g/mol. The molecule has 0 saturated carbocycles. The highest BCUT2D eigenvalue weighted by Gasteiger charge is 2.14. The highest BCUT2D eigenvalue weighted by molar-refractivity contribution is 5.72. The molecule has 102 valence electrons. The molecule has 5 nitrogen and oxygen atoms in total. The summed E-state index contributed by atoms with van der Waals surface area (Å²) < 4.78 is 20.4. The molecule has 0 aliphatic heterocycles. The summed E-state index contributed by atoms with van der Waals surface area (Å²) in [6, 6.07) is 4.48. The molecule has 0 fully saturated rings. The van der Waals surface area contributed by atoms with Crippen LogP contribution in [0, 0.1) is 5.82 Å². The zero-order chi connectivity index (χ0) is 14.0. The second-order valence-corrected chi connectivity index (χ2v) is 4.16. The first kappa shape index (κ1) is 13.2. The Balaban J connectivity index is 2.38. The Hall–Kier alpha value is -2.24. The maximum absolute atomic E-state index is 13.8. The van der Waals surface area contributed by atoms with Gasteiger partial charge in [0.1, 0.15) is 11.6 Å². The molecule has 2 aromatic rings. The van der Waals surface area contributed by atoms with Gasteiger partial charge in [0.2, 0.25) is 0 Å². The molecule has 0 aliphatic rings. The van der Waals surface area contributed by atoms with E-state index >= 15 is 0 Å². The van der Waals surface area contributed by atoms with E-state index in [-0.39, 0.29) is 5.82 Å². The molecule has 3 N–H and O–H groups in total. The van der Waals surface area contributed by atoms with Crippen LogP contribution in [0.5, 0.6) is 5.75 Å². The van der Waals surface area contributed by atoms with Crippen molar-refractivity contribution < 1.29 is 9.13 Å². The van der Waals surface area contributed by atoms with Crippen molar-refractivity contribution in [3.8, 4) is 5.75 Å². The number of ether oxygens (including phenoxy) is 1. The minimum atomic E-state index is -0.376. The molecule has 0 aliphatic carbocycles. The Labute approximate surface area is 111 Å². The number of rotatable bonds is 4. The van der Waals surface area contributed by atoms with Crippen LogP contribution < -0.4 is 15.8 Å². The third kappa shape index (κ3) is 2.47. The number of halogens is 1. The lowest BCUT2D eigenvalue weighted by Crippen LogP contribution is -2.03. The number of nitrogens with zero attached hydrogens (tertiary/aromatic N) is 2. The van der Waals surface area contributed by atoms with Crippen molar-refractivity contribution in [1.29, 1.82) is 0 Å². The minimum Gasteiger partial charge on any atom is -0.497 e. The van der Waals surface area contributed by atoms with Crippen LogP contribution in [0.2, 0.25) is 0 Å². The largest absolute Gasteiger partial charge is 0.497 e. The van der Waals surface area contributed by atoms with Crippen LogP contribution in [-0.4, -0.2) is 16.9 Å². The van der Waals surface area contributed by atoms with Gasteiger partial charge in [0, 0.05) is 13.1 Å². The van der Waals surface area contributed by atoms with Crippen molar-refractivity contribution in [2.45, 2.75) is 13.3 Å². The Morgan fingerprint density at radius 3 is 2.79 bits per heavy atom. The number of methoxy groups -OCH3 is 1. The Morgan fingerprint density at radius 1 is 1.47 bits per heavy atom. The van der Waals surface area contributed by atoms with Gasteiger partial charge in [-0.05, 0) is 18.6 Å². The minimum absolute atomic E-state index is 0.303. The van der Waals surface area contributed by atoms with Gasteiger partial charge in [-0.3, -0.25) is 4.68 Å². The molecular formula is C13H17FN4O. The number of nitrogens with one attached hydrogen (secondary N) is 1. The van der Waals surface area contributed by atoms with E-state index in [4.69, 9.17) is 10.5 Å². The lowest BCUT2D eigenvalue weighted by Gasteiger charge is -2.10. The van der Waals surface area contributed by atoms with Gasteiger partial charge in [-0.15, -0.1) is 0 Å². The molecule has 0 radical (unpaired) electrons. The quantitative estimate of drug-likeness (QED) is 0.890. The first-order valence-electron chi connectivity index (χ1n) is 5.98. The number of nitrogen functional groups attached to an aromatic ring is 1. The Morgan fingerprint density at radius 2 is 2.21 bits per heavy atom. The monoisotopic (exact) mass is 264 g/mol. The van der Waals surface area contributed by atoms with Crippen molar-refractivity contribution in [1.82, 2.24) is 9.78 Å². The van der Waals surface area contributed by atoms with E-state index in [1.165, 1.54) is 13.2 Å². The Bertz CT molecular complexity index is 595. The van der Waals surface area contributed by atoms with E-state index in [1.807, 2.05) is 6.92 Å². The van der Waals surface area contributed by atoms with Crippen molar-refractivity contribution in [2.24, 2.45) is 7.05 Å². The van der Waals surface area contributed by atoms with Crippen molar-refractivity contribution in [2.75, 3.05) is 18.2 Å². The zero-order valence-corrected chi connectivity index (χ0v) is 11.2. The number of aromatic nitrogens is 2. The van der Waals surface area contributed by atoms with Crippen LogP contribution in [0.4, 0.5) is 21.6 Å². The smallest absolute Gasteiger partial charge is 0.152 e. The van der Waals surface area contributed by atoms with E-state index in [0.29, 0.717) is 22.9 Å².